The second kappa shape index (κ2) is 7.25. The molecule has 2 rings (SSSR count). The molecule has 0 saturated heterocycles. The number of carbonyl (C=O) groups excluding carboxylic acids is 1. The number of aryl methyl sites for hydroxylation is 1. The van der Waals surface area contributed by atoms with Gasteiger partial charge in [0.15, 0.2) is 5.82 Å². The monoisotopic (exact) mass is 261 g/mol. The van der Waals surface area contributed by atoms with Gasteiger partial charge in [-0.05, 0) is 31.5 Å². The van der Waals surface area contributed by atoms with Crippen molar-refractivity contribution in [2.24, 2.45) is 0 Å². The number of amides is 1. The first kappa shape index (κ1) is 14.8. The van der Waals surface area contributed by atoms with E-state index >= 15 is 0 Å². The van der Waals surface area contributed by atoms with E-state index in [1.54, 1.807) is 29.2 Å². The van der Waals surface area contributed by atoms with Gasteiger partial charge in [0.2, 0.25) is 5.91 Å². The van der Waals surface area contributed by atoms with Crippen LogP contribution in [0.5, 0.6) is 0 Å². The minimum Gasteiger partial charge on any atom is -0.308 e. The summed E-state index contributed by atoms with van der Waals surface area (Å²) in [6, 6.07) is 3.40. The number of hydrogen-bond acceptors (Lipinski definition) is 4. The molecule has 0 bridgehead atoms. The second-order valence-electron chi connectivity index (χ2n) is 3.73. The molecule has 6 heteroatoms. The van der Waals surface area contributed by atoms with Gasteiger partial charge in [-0.15, -0.1) is 5.10 Å². The van der Waals surface area contributed by atoms with Gasteiger partial charge in [0.05, 0.1) is 6.20 Å². The van der Waals surface area contributed by atoms with E-state index in [2.05, 4.69) is 20.6 Å². The van der Waals surface area contributed by atoms with Crippen LogP contribution in [-0.2, 0) is 11.3 Å². The largest absolute Gasteiger partial charge is 0.308 e. The standard InChI is InChI=1S/C11H13N5O.C2H6/c1-8-6-13-16(9(8)2)7-11(17)14-10-4-3-5-12-15-10;1-2/h3-6H,7H2,1-2H3,(H,14,15,17);1-2H3. The summed E-state index contributed by atoms with van der Waals surface area (Å²) in [5.41, 5.74) is 2.05. The summed E-state index contributed by atoms with van der Waals surface area (Å²) in [5, 5.41) is 14.2. The van der Waals surface area contributed by atoms with Gasteiger partial charge >= 0.3 is 0 Å². The Balaban J connectivity index is 0.000000861. The minimum absolute atomic E-state index is 0.170. The molecule has 1 N–H and O–H groups in total. The maximum Gasteiger partial charge on any atom is 0.247 e. The number of nitrogens with one attached hydrogen (secondary N) is 1. The van der Waals surface area contributed by atoms with Crippen molar-refractivity contribution in [1.82, 2.24) is 20.0 Å². The van der Waals surface area contributed by atoms with Crippen molar-refractivity contribution < 1.29 is 4.79 Å². The molecule has 0 saturated carbocycles. The number of rotatable bonds is 3. The van der Waals surface area contributed by atoms with E-state index in [1.807, 2.05) is 27.7 Å². The predicted octanol–water partition coefficient (Wildman–Crippen LogP) is 1.95. The summed E-state index contributed by atoms with van der Waals surface area (Å²) in [6.45, 7) is 8.06. The summed E-state index contributed by atoms with van der Waals surface area (Å²) in [4.78, 5) is 11.7. The number of nitrogens with zero attached hydrogens (tertiary/aromatic N) is 4. The quantitative estimate of drug-likeness (QED) is 0.916. The first-order chi connectivity index (χ1) is 9.16. The molecule has 2 heterocycles. The molecule has 102 valence electrons. The van der Waals surface area contributed by atoms with Crippen LogP contribution in [0.15, 0.2) is 24.5 Å². The number of hydrogen-bond donors (Lipinski definition) is 1. The van der Waals surface area contributed by atoms with Gasteiger partial charge in [-0.2, -0.15) is 10.2 Å². The Labute approximate surface area is 112 Å². The lowest BCUT2D eigenvalue weighted by molar-refractivity contribution is -0.117. The molecule has 2 aromatic heterocycles. The van der Waals surface area contributed by atoms with Crippen molar-refractivity contribution in [3.05, 3.63) is 35.8 Å². The van der Waals surface area contributed by atoms with Crippen molar-refractivity contribution in [3.63, 3.8) is 0 Å². The van der Waals surface area contributed by atoms with Crippen LogP contribution in [0.4, 0.5) is 5.82 Å². The maximum atomic E-state index is 11.7. The molecule has 1 amide bonds. The normalized spacial score (nSPS) is 9.47. The van der Waals surface area contributed by atoms with Crippen molar-refractivity contribution in [2.75, 3.05) is 5.32 Å². The van der Waals surface area contributed by atoms with E-state index in [9.17, 15) is 4.79 Å². The predicted molar refractivity (Wildman–Crippen MR) is 73.7 cm³/mol. The summed E-state index contributed by atoms with van der Waals surface area (Å²) in [7, 11) is 0. The molecule has 0 aliphatic carbocycles. The van der Waals surface area contributed by atoms with E-state index < -0.39 is 0 Å². The van der Waals surface area contributed by atoms with Gasteiger partial charge < -0.3 is 5.32 Å². The van der Waals surface area contributed by atoms with Crippen LogP contribution >= 0.6 is 0 Å². The molecule has 0 spiro atoms. The zero-order valence-corrected chi connectivity index (χ0v) is 11.7. The molecule has 0 unspecified atom stereocenters. The van der Waals surface area contributed by atoms with Crippen molar-refractivity contribution in [3.8, 4) is 0 Å². The molecule has 0 fully saturated rings. The van der Waals surface area contributed by atoms with E-state index in [-0.39, 0.29) is 12.5 Å². The lowest BCUT2D eigenvalue weighted by Gasteiger charge is -2.05. The third-order valence-electron chi connectivity index (χ3n) is 2.48. The van der Waals surface area contributed by atoms with E-state index in [0.29, 0.717) is 5.82 Å². The van der Waals surface area contributed by atoms with Gasteiger partial charge in [0.1, 0.15) is 6.54 Å². The molecule has 0 atom stereocenters. The summed E-state index contributed by atoms with van der Waals surface area (Å²) in [6.07, 6.45) is 3.29. The number of carbonyl (C=O) groups is 1. The van der Waals surface area contributed by atoms with Crippen molar-refractivity contribution in [2.45, 2.75) is 34.2 Å². The smallest absolute Gasteiger partial charge is 0.247 e. The van der Waals surface area contributed by atoms with Crippen LogP contribution in [-0.4, -0.2) is 25.9 Å². The highest BCUT2D eigenvalue weighted by Gasteiger charge is 2.08. The fraction of sp³-hybridized carbons (Fsp3) is 0.385. The molecular weight excluding hydrogens is 242 g/mol. The molecule has 0 aliphatic heterocycles. The Morgan fingerprint density at radius 1 is 1.37 bits per heavy atom. The van der Waals surface area contributed by atoms with E-state index in [4.69, 9.17) is 0 Å². The van der Waals surface area contributed by atoms with Crippen LogP contribution in [0.25, 0.3) is 0 Å². The SMILES string of the molecule is CC.Cc1cnn(CC(=O)Nc2cccnn2)c1C. The van der Waals surface area contributed by atoms with Crippen LogP contribution < -0.4 is 5.32 Å². The Kier molecular flexibility index (Phi) is 5.66. The van der Waals surface area contributed by atoms with Crippen molar-refractivity contribution >= 4 is 11.7 Å². The average Bonchev–Trinajstić information content (AvgIpc) is 2.74. The minimum atomic E-state index is -0.170. The maximum absolute atomic E-state index is 11.7. The first-order valence-corrected chi connectivity index (χ1v) is 6.23. The molecule has 19 heavy (non-hydrogen) atoms. The summed E-state index contributed by atoms with van der Waals surface area (Å²) >= 11 is 0. The van der Waals surface area contributed by atoms with E-state index in [0.717, 1.165) is 11.3 Å². The van der Waals surface area contributed by atoms with E-state index in [1.165, 1.54) is 0 Å². The topological polar surface area (TPSA) is 72.7 Å². The van der Waals surface area contributed by atoms with Crippen LogP contribution in [0.1, 0.15) is 25.1 Å². The van der Waals surface area contributed by atoms with Gasteiger partial charge in [0.25, 0.3) is 0 Å². The van der Waals surface area contributed by atoms with Crippen LogP contribution in [0.3, 0.4) is 0 Å². The number of anilines is 1. The number of aromatic nitrogens is 4. The highest BCUT2D eigenvalue weighted by atomic mass is 16.2. The highest BCUT2D eigenvalue weighted by Crippen LogP contribution is 2.05. The Morgan fingerprint density at radius 3 is 2.63 bits per heavy atom. The molecule has 6 nitrogen and oxygen atoms in total. The van der Waals surface area contributed by atoms with Crippen molar-refractivity contribution in [1.29, 1.82) is 0 Å². The molecule has 0 aliphatic rings. The third kappa shape index (κ3) is 4.17. The van der Waals surface area contributed by atoms with Gasteiger partial charge in [0, 0.05) is 11.9 Å². The average molecular weight is 261 g/mol. The lowest BCUT2D eigenvalue weighted by atomic mass is 10.3. The molecular formula is C13H19N5O. The zero-order valence-electron chi connectivity index (χ0n) is 11.7. The summed E-state index contributed by atoms with van der Waals surface area (Å²) < 4.78 is 1.65. The van der Waals surface area contributed by atoms with Gasteiger partial charge in [-0.3, -0.25) is 9.48 Å². The lowest BCUT2D eigenvalue weighted by Crippen LogP contribution is -2.20. The Bertz CT molecular complexity index is 521. The molecule has 2 aromatic rings. The van der Waals surface area contributed by atoms with Gasteiger partial charge in [-0.25, -0.2) is 0 Å². The van der Waals surface area contributed by atoms with Gasteiger partial charge in [-0.1, -0.05) is 13.8 Å². The van der Waals surface area contributed by atoms with Crippen LogP contribution in [0, 0.1) is 13.8 Å². The molecule has 0 radical (unpaired) electrons. The fourth-order valence-electron chi connectivity index (χ4n) is 1.39. The first-order valence-electron chi connectivity index (χ1n) is 6.23. The van der Waals surface area contributed by atoms with Crippen LogP contribution in [0.2, 0.25) is 0 Å². The Morgan fingerprint density at radius 2 is 2.11 bits per heavy atom. The highest BCUT2D eigenvalue weighted by molar-refractivity contribution is 5.89. The summed E-state index contributed by atoms with van der Waals surface area (Å²) in [5.74, 6) is 0.274. The Hall–Kier alpha value is -2.24. The molecule has 0 aromatic carbocycles. The second-order valence-corrected chi connectivity index (χ2v) is 3.73. The third-order valence-corrected chi connectivity index (χ3v) is 2.48. The fourth-order valence-corrected chi connectivity index (χ4v) is 1.39. The zero-order chi connectivity index (χ0) is 14.3.